The number of hydrogen-bond donors (Lipinski definition) is 2. The molecule has 0 aliphatic carbocycles. The Balaban J connectivity index is 2.95. The fourth-order valence-corrected chi connectivity index (χ4v) is 1.51. The van der Waals surface area contributed by atoms with E-state index in [9.17, 15) is 10.1 Å². The molecule has 0 bridgehead atoms. The highest BCUT2D eigenvalue weighted by molar-refractivity contribution is 5.68. The van der Waals surface area contributed by atoms with Crippen molar-refractivity contribution in [1.29, 1.82) is 0 Å². The molecule has 0 fully saturated rings. The fraction of sp³-hybridized carbons (Fsp3) is 0.500. The molecule has 1 atom stereocenters. The van der Waals surface area contributed by atoms with Crippen LogP contribution in [0.1, 0.15) is 20.3 Å². The van der Waals surface area contributed by atoms with Crippen LogP contribution in [0.3, 0.4) is 0 Å². The first-order chi connectivity index (χ1) is 8.60. The zero-order chi connectivity index (χ0) is 13.5. The highest BCUT2D eigenvalue weighted by Gasteiger charge is 2.20. The van der Waals surface area contributed by atoms with Crippen LogP contribution in [-0.4, -0.2) is 24.1 Å². The van der Waals surface area contributed by atoms with Gasteiger partial charge in [-0.05, 0) is 25.5 Å². The van der Waals surface area contributed by atoms with E-state index in [-0.39, 0.29) is 17.5 Å². The molecule has 18 heavy (non-hydrogen) atoms. The van der Waals surface area contributed by atoms with Crippen molar-refractivity contribution < 1.29 is 9.66 Å². The lowest BCUT2D eigenvalue weighted by Gasteiger charge is -2.13. The van der Waals surface area contributed by atoms with Crippen LogP contribution in [0, 0.1) is 10.1 Å². The van der Waals surface area contributed by atoms with E-state index in [4.69, 9.17) is 10.5 Å². The van der Waals surface area contributed by atoms with Gasteiger partial charge in [-0.1, -0.05) is 13.0 Å². The first-order valence-corrected chi connectivity index (χ1v) is 5.99. The summed E-state index contributed by atoms with van der Waals surface area (Å²) < 4.78 is 5.26. The van der Waals surface area contributed by atoms with Gasteiger partial charge in [0.25, 0.3) is 0 Å². The van der Waals surface area contributed by atoms with Crippen LogP contribution in [0.2, 0.25) is 0 Å². The molecule has 0 aromatic heterocycles. The summed E-state index contributed by atoms with van der Waals surface area (Å²) in [7, 11) is 0. The Bertz CT molecular complexity index is 410. The molecule has 0 heterocycles. The van der Waals surface area contributed by atoms with Gasteiger partial charge in [0, 0.05) is 12.6 Å². The van der Waals surface area contributed by atoms with Crippen molar-refractivity contribution in [3.63, 3.8) is 0 Å². The van der Waals surface area contributed by atoms with Crippen molar-refractivity contribution in [2.45, 2.75) is 26.3 Å². The minimum absolute atomic E-state index is 0.0275. The van der Waals surface area contributed by atoms with Crippen LogP contribution in [0.4, 0.5) is 11.4 Å². The molecule has 3 N–H and O–H groups in total. The molecule has 6 nitrogen and oxygen atoms in total. The highest BCUT2D eigenvalue weighted by atomic mass is 16.6. The summed E-state index contributed by atoms with van der Waals surface area (Å²) in [6.07, 6.45) is 0.811. The molecule has 1 rings (SSSR count). The third-order valence-corrected chi connectivity index (χ3v) is 2.56. The smallest absolute Gasteiger partial charge is 0.333 e. The molecule has 0 saturated heterocycles. The van der Waals surface area contributed by atoms with E-state index in [1.165, 1.54) is 0 Å². The summed E-state index contributed by atoms with van der Waals surface area (Å²) in [4.78, 5) is 10.6. The Kier molecular flexibility index (Phi) is 5.38. The molecule has 0 amide bonds. The van der Waals surface area contributed by atoms with Crippen LogP contribution in [0.25, 0.3) is 0 Å². The Morgan fingerprint density at radius 3 is 2.78 bits per heavy atom. The molecule has 100 valence electrons. The SMILES string of the molecule is CCOc1cccc(NCC(N)CC)c1[N+](=O)[O-]. The number of nitrogens with two attached hydrogens (primary N) is 1. The van der Waals surface area contributed by atoms with Crippen molar-refractivity contribution in [2.24, 2.45) is 5.73 Å². The second-order valence-electron chi connectivity index (χ2n) is 3.89. The Hall–Kier alpha value is -1.82. The van der Waals surface area contributed by atoms with Gasteiger partial charge in [-0.3, -0.25) is 10.1 Å². The summed E-state index contributed by atoms with van der Waals surface area (Å²) in [5.41, 5.74) is 6.18. The van der Waals surface area contributed by atoms with E-state index in [0.29, 0.717) is 18.8 Å². The molecule has 1 unspecified atom stereocenters. The number of hydrogen-bond acceptors (Lipinski definition) is 5. The number of ether oxygens (including phenoxy) is 1. The number of benzene rings is 1. The highest BCUT2D eigenvalue weighted by Crippen LogP contribution is 2.34. The van der Waals surface area contributed by atoms with Crippen molar-refractivity contribution in [3.05, 3.63) is 28.3 Å². The first kappa shape index (κ1) is 14.2. The predicted molar refractivity (Wildman–Crippen MR) is 71.0 cm³/mol. The molecule has 6 heteroatoms. The van der Waals surface area contributed by atoms with Gasteiger partial charge in [0.2, 0.25) is 0 Å². The topological polar surface area (TPSA) is 90.4 Å². The minimum Gasteiger partial charge on any atom is -0.487 e. The van der Waals surface area contributed by atoms with Crippen molar-refractivity contribution in [2.75, 3.05) is 18.5 Å². The summed E-state index contributed by atoms with van der Waals surface area (Å²) in [5, 5.41) is 14.1. The molecule has 0 saturated carbocycles. The largest absolute Gasteiger partial charge is 0.487 e. The number of nitrogens with zero attached hydrogens (tertiary/aromatic N) is 1. The quantitative estimate of drug-likeness (QED) is 0.574. The lowest BCUT2D eigenvalue weighted by atomic mass is 10.2. The maximum Gasteiger partial charge on any atom is 0.333 e. The predicted octanol–water partition coefficient (Wildman–Crippen LogP) is 2.14. The van der Waals surface area contributed by atoms with Crippen molar-refractivity contribution >= 4 is 11.4 Å². The normalized spacial score (nSPS) is 11.9. The number of nitrogens with one attached hydrogen (secondary N) is 1. The van der Waals surface area contributed by atoms with E-state index in [2.05, 4.69) is 5.32 Å². The summed E-state index contributed by atoms with van der Waals surface area (Å²) in [5.74, 6) is 0.276. The molecule has 0 radical (unpaired) electrons. The summed E-state index contributed by atoms with van der Waals surface area (Å²) in [6.45, 7) is 4.64. The van der Waals surface area contributed by atoms with Crippen LogP contribution in [0.15, 0.2) is 18.2 Å². The van der Waals surface area contributed by atoms with Crippen LogP contribution < -0.4 is 15.8 Å². The molecule has 0 spiro atoms. The van der Waals surface area contributed by atoms with Gasteiger partial charge in [-0.25, -0.2) is 0 Å². The number of nitro benzene ring substituents is 1. The van der Waals surface area contributed by atoms with Gasteiger partial charge in [-0.2, -0.15) is 0 Å². The van der Waals surface area contributed by atoms with Crippen molar-refractivity contribution in [1.82, 2.24) is 0 Å². The van der Waals surface area contributed by atoms with Gasteiger partial charge < -0.3 is 15.8 Å². The Morgan fingerprint density at radius 1 is 1.50 bits per heavy atom. The zero-order valence-electron chi connectivity index (χ0n) is 10.7. The molecule has 0 aliphatic rings. The Labute approximate surface area is 106 Å². The third kappa shape index (κ3) is 3.59. The van der Waals surface area contributed by atoms with E-state index < -0.39 is 4.92 Å². The van der Waals surface area contributed by atoms with Crippen LogP contribution in [-0.2, 0) is 0 Å². The van der Waals surface area contributed by atoms with E-state index >= 15 is 0 Å². The van der Waals surface area contributed by atoms with Gasteiger partial charge in [0.1, 0.15) is 5.69 Å². The van der Waals surface area contributed by atoms with E-state index in [1.54, 1.807) is 25.1 Å². The molecule has 1 aromatic rings. The van der Waals surface area contributed by atoms with Gasteiger partial charge in [0.15, 0.2) is 5.75 Å². The van der Waals surface area contributed by atoms with Gasteiger partial charge >= 0.3 is 5.69 Å². The first-order valence-electron chi connectivity index (χ1n) is 5.99. The van der Waals surface area contributed by atoms with E-state index in [1.807, 2.05) is 6.92 Å². The second-order valence-corrected chi connectivity index (χ2v) is 3.89. The Morgan fingerprint density at radius 2 is 2.22 bits per heavy atom. The standard InChI is InChI=1S/C12H19N3O3/c1-3-9(13)8-14-10-6-5-7-11(18-4-2)12(10)15(16)17/h5-7,9,14H,3-4,8,13H2,1-2H3. The lowest BCUT2D eigenvalue weighted by molar-refractivity contribution is -0.384. The average Bonchev–Trinajstić information content (AvgIpc) is 2.36. The second kappa shape index (κ2) is 6.80. The molecular formula is C12H19N3O3. The van der Waals surface area contributed by atoms with Crippen LogP contribution >= 0.6 is 0 Å². The van der Waals surface area contributed by atoms with E-state index in [0.717, 1.165) is 6.42 Å². The zero-order valence-corrected chi connectivity index (χ0v) is 10.7. The third-order valence-electron chi connectivity index (χ3n) is 2.56. The minimum atomic E-state index is -0.440. The lowest BCUT2D eigenvalue weighted by Crippen LogP contribution is -2.28. The number of anilines is 1. The average molecular weight is 253 g/mol. The number of nitro groups is 1. The fourth-order valence-electron chi connectivity index (χ4n) is 1.51. The number of para-hydroxylation sites is 1. The maximum atomic E-state index is 11.1. The summed E-state index contributed by atoms with van der Waals surface area (Å²) in [6, 6.07) is 4.94. The monoisotopic (exact) mass is 253 g/mol. The van der Waals surface area contributed by atoms with Crippen LogP contribution in [0.5, 0.6) is 5.75 Å². The van der Waals surface area contributed by atoms with Gasteiger partial charge in [-0.15, -0.1) is 0 Å². The summed E-state index contributed by atoms with van der Waals surface area (Å²) >= 11 is 0. The molecule has 1 aromatic carbocycles. The van der Waals surface area contributed by atoms with Crippen molar-refractivity contribution in [3.8, 4) is 5.75 Å². The number of rotatable bonds is 7. The maximum absolute atomic E-state index is 11.1. The van der Waals surface area contributed by atoms with Gasteiger partial charge in [0.05, 0.1) is 11.5 Å². The molecule has 0 aliphatic heterocycles. The molecular weight excluding hydrogens is 234 g/mol.